The lowest BCUT2D eigenvalue weighted by Gasteiger charge is -2.22. The van der Waals surface area contributed by atoms with Gasteiger partial charge < -0.3 is 10.0 Å². The Morgan fingerprint density at radius 3 is 2.63 bits per heavy atom. The first-order valence-corrected chi connectivity index (χ1v) is 12.0. The molecule has 1 fully saturated rings. The molecule has 1 aromatic carbocycles. The van der Waals surface area contributed by atoms with Crippen molar-refractivity contribution in [3.8, 4) is 0 Å². The van der Waals surface area contributed by atoms with Crippen LogP contribution in [0.2, 0.25) is 0 Å². The quantitative estimate of drug-likeness (QED) is 0.321. The smallest absolute Gasteiger partial charge is 0.266 e. The van der Waals surface area contributed by atoms with Crippen molar-refractivity contribution in [2.75, 3.05) is 24.6 Å². The van der Waals surface area contributed by atoms with Gasteiger partial charge in [0.15, 0.2) is 0 Å². The Morgan fingerprint density at radius 1 is 1.13 bits per heavy atom. The van der Waals surface area contributed by atoms with E-state index >= 15 is 0 Å². The second-order valence-corrected chi connectivity index (χ2v) is 9.42. The number of benzene rings is 1. The number of unbranched alkanes of at least 4 members (excludes halogenated alkanes) is 2. The Hall–Kier alpha value is -2.00. The van der Waals surface area contributed by atoms with Gasteiger partial charge in [-0.2, -0.15) is 0 Å². The fourth-order valence-corrected chi connectivity index (χ4v) is 5.19. The molecule has 0 unspecified atom stereocenters. The topological polar surface area (TPSA) is 60.9 Å². The van der Waals surface area contributed by atoms with Crippen LogP contribution < -0.4 is 4.90 Å². The van der Waals surface area contributed by atoms with E-state index in [1.807, 2.05) is 53.9 Å². The number of aliphatic hydroxyl groups excluding tert-OH is 1. The third kappa shape index (κ3) is 6.01. The molecule has 3 rings (SSSR count). The van der Waals surface area contributed by atoms with Crippen molar-refractivity contribution < 1.29 is 14.7 Å². The molecular weight excluding hydrogens is 436 g/mol. The molecule has 0 saturated carbocycles. The minimum absolute atomic E-state index is 0.000238. The number of aliphatic hydroxyl groups is 1. The lowest BCUT2D eigenvalue weighted by molar-refractivity contribution is -0.122. The van der Waals surface area contributed by atoms with Gasteiger partial charge in [0.05, 0.1) is 11.5 Å². The molecule has 2 heterocycles. The molecule has 0 aliphatic carbocycles. The molecule has 1 saturated heterocycles. The van der Waals surface area contributed by atoms with Crippen molar-refractivity contribution in [2.24, 2.45) is 0 Å². The normalized spacial score (nSPS) is 15.2. The molecule has 2 amide bonds. The molecule has 158 valence electrons. The summed E-state index contributed by atoms with van der Waals surface area (Å²) in [6.45, 7) is 0.782. The van der Waals surface area contributed by atoms with Gasteiger partial charge in [-0.25, -0.2) is 0 Å². The number of nitrogens with zero attached hydrogens (tertiary/aromatic N) is 2. The number of amides is 2. The zero-order chi connectivity index (χ0) is 21.3. The summed E-state index contributed by atoms with van der Waals surface area (Å²) in [6.07, 6.45) is 4.65. The van der Waals surface area contributed by atoms with Crippen molar-refractivity contribution in [3.63, 3.8) is 0 Å². The average Bonchev–Trinajstić information content (AvgIpc) is 3.35. The zero-order valence-electron chi connectivity index (χ0n) is 16.5. The summed E-state index contributed by atoms with van der Waals surface area (Å²) < 4.78 is 0.595. The predicted molar refractivity (Wildman–Crippen MR) is 129 cm³/mol. The van der Waals surface area contributed by atoms with Crippen molar-refractivity contribution >= 4 is 63.2 Å². The van der Waals surface area contributed by atoms with E-state index in [1.54, 1.807) is 21.1 Å². The predicted octanol–water partition coefficient (Wildman–Crippen LogP) is 4.54. The van der Waals surface area contributed by atoms with Gasteiger partial charge in [0.2, 0.25) is 5.91 Å². The van der Waals surface area contributed by atoms with Gasteiger partial charge in [-0.3, -0.25) is 14.5 Å². The number of thioether (sulfide) groups is 1. The minimum atomic E-state index is -0.0753. The number of carbonyl (C=O) groups is 2. The van der Waals surface area contributed by atoms with Gasteiger partial charge in [-0.15, -0.1) is 11.3 Å². The molecule has 0 bridgehead atoms. The summed E-state index contributed by atoms with van der Waals surface area (Å²) >= 11 is 8.31. The molecule has 0 radical (unpaired) electrons. The van der Waals surface area contributed by atoms with Crippen LogP contribution >= 0.6 is 35.3 Å². The molecule has 30 heavy (non-hydrogen) atoms. The largest absolute Gasteiger partial charge is 0.395 e. The number of para-hydroxylation sites is 1. The maximum atomic E-state index is 12.6. The fraction of sp³-hybridized carbons (Fsp3) is 0.318. The molecule has 2 aromatic rings. The molecule has 1 aliphatic rings. The maximum absolute atomic E-state index is 12.6. The summed E-state index contributed by atoms with van der Waals surface area (Å²) in [6, 6.07) is 13.3. The number of carbonyl (C=O) groups excluding carboxylic acids is 2. The van der Waals surface area contributed by atoms with Crippen molar-refractivity contribution in [1.29, 1.82) is 0 Å². The summed E-state index contributed by atoms with van der Waals surface area (Å²) in [5.74, 6) is -0.0348. The monoisotopic (exact) mass is 460 g/mol. The number of anilines is 1. The molecule has 8 heteroatoms. The summed E-state index contributed by atoms with van der Waals surface area (Å²) in [4.78, 5) is 30.2. The molecule has 1 aromatic heterocycles. The lowest BCUT2D eigenvalue weighted by Crippen LogP contribution is -2.33. The minimum Gasteiger partial charge on any atom is -0.395 e. The Kier molecular flexibility index (Phi) is 8.62. The van der Waals surface area contributed by atoms with Crippen molar-refractivity contribution in [2.45, 2.75) is 25.7 Å². The second kappa shape index (κ2) is 11.4. The lowest BCUT2D eigenvalue weighted by atomic mass is 10.1. The third-order valence-corrected chi connectivity index (χ3v) is 6.85. The van der Waals surface area contributed by atoms with Crippen LogP contribution in [0.25, 0.3) is 6.08 Å². The molecule has 0 spiro atoms. The van der Waals surface area contributed by atoms with E-state index in [0.29, 0.717) is 22.2 Å². The Bertz CT molecular complexity index is 898. The van der Waals surface area contributed by atoms with Crippen LogP contribution in [0.4, 0.5) is 5.69 Å². The number of hydrogen-bond acceptors (Lipinski definition) is 6. The van der Waals surface area contributed by atoms with E-state index in [9.17, 15) is 14.7 Å². The first-order valence-electron chi connectivity index (χ1n) is 9.85. The highest BCUT2D eigenvalue weighted by atomic mass is 32.2. The first-order chi connectivity index (χ1) is 14.6. The Morgan fingerprint density at radius 2 is 1.93 bits per heavy atom. The summed E-state index contributed by atoms with van der Waals surface area (Å²) in [7, 11) is 0. The van der Waals surface area contributed by atoms with Gasteiger partial charge in [-0.05, 0) is 42.5 Å². The number of thiophene rings is 1. The van der Waals surface area contributed by atoms with Crippen LogP contribution in [0.1, 0.15) is 30.6 Å². The van der Waals surface area contributed by atoms with Gasteiger partial charge in [0, 0.05) is 30.1 Å². The summed E-state index contributed by atoms with van der Waals surface area (Å²) in [5, 5.41) is 11.3. The average molecular weight is 461 g/mol. The highest BCUT2D eigenvalue weighted by Crippen LogP contribution is 2.33. The highest BCUT2D eigenvalue weighted by molar-refractivity contribution is 8.26. The maximum Gasteiger partial charge on any atom is 0.266 e. The number of hydrogen-bond donors (Lipinski definition) is 1. The SMILES string of the molecule is O=C1/C(=C\c2cccs2)SC(=S)N1CCCCCC(=O)N(CCO)c1ccccc1. The van der Waals surface area contributed by atoms with Crippen LogP contribution in [0.3, 0.4) is 0 Å². The van der Waals surface area contributed by atoms with Crippen LogP contribution in [0.5, 0.6) is 0 Å². The van der Waals surface area contributed by atoms with Crippen molar-refractivity contribution in [1.82, 2.24) is 4.90 Å². The van der Waals surface area contributed by atoms with Crippen LogP contribution in [-0.2, 0) is 9.59 Å². The van der Waals surface area contributed by atoms with E-state index in [2.05, 4.69) is 0 Å². The van der Waals surface area contributed by atoms with Crippen LogP contribution in [0, 0.1) is 0 Å². The van der Waals surface area contributed by atoms with E-state index < -0.39 is 0 Å². The van der Waals surface area contributed by atoms with Crippen molar-refractivity contribution in [3.05, 3.63) is 57.6 Å². The zero-order valence-corrected chi connectivity index (χ0v) is 19.0. The number of rotatable bonds is 10. The van der Waals surface area contributed by atoms with E-state index in [1.165, 1.54) is 11.8 Å². The van der Waals surface area contributed by atoms with Gasteiger partial charge in [0.1, 0.15) is 4.32 Å². The van der Waals surface area contributed by atoms with E-state index in [4.69, 9.17) is 12.2 Å². The second-order valence-electron chi connectivity index (χ2n) is 6.76. The molecule has 0 atom stereocenters. The van der Waals surface area contributed by atoms with E-state index in [-0.39, 0.29) is 25.0 Å². The Balaban J connectivity index is 1.44. The summed E-state index contributed by atoms with van der Waals surface area (Å²) in [5.41, 5.74) is 0.798. The van der Waals surface area contributed by atoms with Crippen LogP contribution in [0.15, 0.2) is 52.7 Å². The molecule has 5 nitrogen and oxygen atoms in total. The molecule has 1 N–H and O–H groups in total. The Labute approximate surface area is 190 Å². The van der Waals surface area contributed by atoms with Gasteiger partial charge in [-0.1, -0.05) is 54.7 Å². The van der Waals surface area contributed by atoms with Crippen LogP contribution in [-0.4, -0.2) is 45.8 Å². The van der Waals surface area contributed by atoms with Gasteiger partial charge in [0.25, 0.3) is 5.91 Å². The third-order valence-electron chi connectivity index (χ3n) is 4.66. The molecular formula is C22H24N2O3S3. The fourth-order valence-electron chi connectivity index (χ4n) is 3.16. The first kappa shape index (κ1) is 22.7. The highest BCUT2D eigenvalue weighted by Gasteiger charge is 2.31. The van der Waals surface area contributed by atoms with E-state index in [0.717, 1.165) is 29.8 Å². The number of thiocarbonyl (C=S) groups is 1. The van der Waals surface area contributed by atoms with Gasteiger partial charge >= 0.3 is 0 Å². The standard InChI is InChI=1S/C22H24N2O3S3/c25-14-13-23(17-8-3-1-4-9-17)20(26)11-5-2-6-12-24-21(27)19(30-22(24)28)16-18-10-7-15-29-18/h1,3-4,7-10,15-16,25H,2,5-6,11-14H2/b19-16+. The molecule has 1 aliphatic heterocycles.